The van der Waals surface area contributed by atoms with E-state index in [2.05, 4.69) is 10.3 Å². The van der Waals surface area contributed by atoms with E-state index in [9.17, 15) is 9.59 Å². The highest BCUT2D eigenvalue weighted by molar-refractivity contribution is 6.32. The molecule has 0 fully saturated rings. The van der Waals surface area contributed by atoms with Crippen LogP contribution < -0.4 is 11.1 Å². The van der Waals surface area contributed by atoms with Gasteiger partial charge in [0, 0.05) is 13.5 Å². The zero-order chi connectivity index (χ0) is 14.4. The fraction of sp³-hybridized carbons (Fsp3) is 0.364. The van der Waals surface area contributed by atoms with E-state index in [0.29, 0.717) is 5.56 Å². The Hall–Kier alpha value is -1.08. The first-order chi connectivity index (χ1) is 8.88. The monoisotopic (exact) mass is 341 g/mol. The third kappa shape index (κ3) is 6.91. The molecule has 0 aromatic carbocycles. The first-order valence-electron chi connectivity index (χ1n) is 5.37. The van der Waals surface area contributed by atoms with E-state index in [4.69, 9.17) is 33.7 Å². The van der Waals surface area contributed by atoms with Gasteiger partial charge in [-0.15, -0.1) is 12.4 Å². The van der Waals surface area contributed by atoms with Crippen molar-refractivity contribution in [3.05, 3.63) is 28.0 Å². The van der Waals surface area contributed by atoms with Crippen molar-refractivity contribution in [2.24, 2.45) is 5.73 Å². The van der Waals surface area contributed by atoms with Gasteiger partial charge in [0.15, 0.2) is 0 Å². The summed E-state index contributed by atoms with van der Waals surface area (Å²) in [6.07, 6.45) is 0. The Morgan fingerprint density at radius 2 is 1.95 bits per heavy atom. The third-order valence-electron chi connectivity index (χ3n) is 2.08. The lowest BCUT2D eigenvalue weighted by Gasteiger charge is -2.12. The molecule has 6 nitrogen and oxygen atoms in total. The number of hydrogen-bond acceptors (Lipinski definition) is 5. The van der Waals surface area contributed by atoms with Crippen LogP contribution in [-0.4, -0.2) is 29.4 Å². The summed E-state index contributed by atoms with van der Waals surface area (Å²) < 4.78 is 4.97. The molecule has 1 aromatic heterocycles. The summed E-state index contributed by atoms with van der Waals surface area (Å²) in [6, 6.07) is 2.14. The summed E-state index contributed by atoms with van der Waals surface area (Å²) in [6.45, 7) is 1.33. The van der Waals surface area contributed by atoms with Gasteiger partial charge in [0.1, 0.15) is 23.0 Å². The van der Waals surface area contributed by atoms with Crippen LogP contribution in [0.1, 0.15) is 12.5 Å². The zero-order valence-electron chi connectivity index (χ0n) is 10.6. The highest BCUT2D eigenvalue weighted by Gasteiger charge is 2.15. The Kier molecular flexibility index (Phi) is 8.48. The van der Waals surface area contributed by atoms with Crippen LogP contribution in [0.5, 0.6) is 0 Å². The number of ether oxygens (including phenoxy) is 1. The van der Waals surface area contributed by atoms with Gasteiger partial charge in [-0.05, 0) is 17.7 Å². The summed E-state index contributed by atoms with van der Waals surface area (Å²) in [4.78, 5) is 26.0. The zero-order valence-corrected chi connectivity index (χ0v) is 12.9. The molecular weight excluding hydrogens is 328 g/mol. The molecule has 1 atom stereocenters. The van der Waals surface area contributed by atoms with Crippen LogP contribution in [0.2, 0.25) is 10.3 Å². The average Bonchev–Trinajstić information content (AvgIpc) is 2.31. The van der Waals surface area contributed by atoms with Crippen molar-refractivity contribution in [2.75, 3.05) is 6.54 Å². The number of aromatic nitrogens is 1. The minimum Gasteiger partial charge on any atom is -0.460 e. The fourth-order valence-electron chi connectivity index (χ4n) is 1.20. The highest BCUT2D eigenvalue weighted by Crippen LogP contribution is 2.15. The Morgan fingerprint density at radius 1 is 1.40 bits per heavy atom. The number of nitrogens with zero attached hydrogens (tertiary/aromatic N) is 1. The summed E-state index contributed by atoms with van der Waals surface area (Å²) in [7, 11) is 0. The van der Waals surface area contributed by atoms with E-state index < -0.39 is 12.0 Å². The van der Waals surface area contributed by atoms with E-state index >= 15 is 0 Å². The summed E-state index contributed by atoms with van der Waals surface area (Å²) in [5, 5.41) is 2.84. The van der Waals surface area contributed by atoms with Crippen LogP contribution in [0.15, 0.2) is 12.1 Å². The number of halogens is 3. The SMILES string of the molecule is CC(=O)NC[C@H](N)C(=O)OCc1cc(Cl)nc(Cl)c1.Cl. The van der Waals surface area contributed by atoms with E-state index in [0.717, 1.165) is 0 Å². The molecule has 20 heavy (non-hydrogen) atoms. The average molecular weight is 343 g/mol. The minimum absolute atomic E-state index is 0. The molecule has 3 N–H and O–H groups in total. The van der Waals surface area contributed by atoms with Crippen molar-refractivity contribution in [2.45, 2.75) is 19.6 Å². The van der Waals surface area contributed by atoms with Gasteiger partial charge < -0.3 is 15.8 Å². The molecule has 112 valence electrons. The number of nitrogens with one attached hydrogen (secondary N) is 1. The molecule has 0 bridgehead atoms. The fourth-order valence-corrected chi connectivity index (χ4v) is 1.70. The second-order valence-corrected chi connectivity index (χ2v) is 4.55. The molecule has 0 saturated heterocycles. The van der Waals surface area contributed by atoms with Gasteiger partial charge >= 0.3 is 5.97 Å². The lowest BCUT2D eigenvalue weighted by molar-refractivity contribution is -0.146. The van der Waals surface area contributed by atoms with Gasteiger partial charge in [-0.25, -0.2) is 4.98 Å². The maximum atomic E-state index is 11.5. The van der Waals surface area contributed by atoms with Crippen LogP contribution in [0.3, 0.4) is 0 Å². The molecule has 1 aromatic rings. The van der Waals surface area contributed by atoms with E-state index in [1.165, 1.54) is 19.1 Å². The van der Waals surface area contributed by atoms with Gasteiger partial charge in [0.25, 0.3) is 0 Å². The Balaban J connectivity index is 0.00000361. The molecule has 0 radical (unpaired) electrons. The molecule has 1 rings (SSSR count). The van der Waals surface area contributed by atoms with Crippen LogP contribution in [0.4, 0.5) is 0 Å². The topological polar surface area (TPSA) is 94.3 Å². The number of esters is 1. The van der Waals surface area contributed by atoms with Crippen molar-refractivity contribution < 1.29 is 14.3 Å². The van der Waals surface area contributed by atoms with Crippen molar-refractivity contribution in [1.82, 2.24) is 10.3 Å². The number of nitrogens with two attached hydrogens (primary N) is 1. The summed E-state index contributed by atoms with van der Waals surface area (Å²) in [5.41, 5.74) is 6.14. The summed E-state index contributed by atoms with van der Waals surface area (Å²) in [5.74, 6) is -0.895. The van der Waals surface area contributed by atoms with Gasteiger partial charge in [-0.2, -0.15) is 0 Å². The predicted molar refractivity (Wildman–Crippen MR) is 78.0 cm³/mol. The Labute approximate surface area is 132 Å². The van der Waals surface area contributed by atoms with Gasteiger partial charge in [-0.3, -0.25) is 9.59 Å². The minimum atomic E-state index is -0.920. The van der Waals surface area contributed by atoms with E-state index in [1.54, 1.807) is 0 Å². The van der Waals surface area contributed by atoms with Crippen LogP contribution in [-0.2, 0) is 20.9 Å². The molecule has 0 spiro atoms. The Morgan fingerprint density at radius 3 is 2.45 bits per heavy atom. The van der Waals surface area contributed by atoms with Gasteiger partial charge in [-0.1, -0.05) is 23.2 Å². The molecule has 0 unspecified atom stereocenters. The molecule has 0 aliphatic carbocycles. The Bertz CT molecular complexity index is 465. The number of pyridine rings is 1. The number of hydrogen-bond donors (Lipinski definition) is 2. The largest absolute Gasteiger partial charge is 0.460 e. The molecule has 0 aliphatic heterocycles. The maximum absolute atomic E-state index is 11.5. The molecular formula is C11H14Cl3N3O3. The molecule has 0 saturated carbocycles. The second-order valence-electron chi connectivity index (χ2n) is 3.77. The number of carbonyl (C=O) groups excluding carboxylic acids is 2. The smallest absolute Gasteiger partial charge is 0.325 e. The summed E-state index contributed by atoms with van der Waals surface area (Å²) >= 11 is 11.4. The quantitative estimate of drug-likeness (QED) is 0.621. The van der Waals surface area contributed by atoms with Crippen LogP contribution in [0, 0.1) is 0 Å². The van der Waals surface area contributed by atoms with Crippen LogP contribution >= 0.6 is 35.6 Å². The number of amides is 1. The first-order valence-corrected chi connectivity index (χ1v) is 6.12. The lowest BCUT2D eigenvalue weighted by atomic mass is 10.3. The van der Waals surface area contributed by atoms with Crippen LogP contribution in [0.25, 0.3) is 0 Å². The van der Waals surface area contributed by atoms with Crippen molar-refractivity contribution in [3.8, 4) is 0 Å². The molecule has 1 heterocycles. The molecule has 9 heteroatoms. The van der Waals surface area contributed by atoms with E-state index in [1.807, 2.05) is 0 Å². The molecule has 1 amide bonds. The molecule has 0 aliphatic rings. The van der Waals surface area contributed by atoms with Gasteiger partial charge in [0.05, 0.1) is 0 Å². The van der Waals surface area contributed by atoms with Gasteiger partial charge in [0.2, 0.25) is 5.91 Å². The normalized spacial score (nSPS) is 11.2. The highest BCUT2D eigenvalue weighted by atomic mass is 35.5. The van der Waals surface area contributed by atoms with Crippen molar-refractivity contribution in [1.29, 1.82) is 0 Å². The maximum Gasteiger partial charge on any atom is 0.325 e. The standard InChI is InChI=1S/C11H13Cl2N3O3.ClH/c1-6(17)15-4-8(14)11(18)19-5-7-2-9(12)16-10(13)3-7;/h2-3,8H,4-5,14H2,1H3,(H,15,17);1H/t8-;/m0./s1. The predicted octanol–water partition coefficient (Wildman–Crippen LogP) is 1.32. The third-order valence-corrected chi connectivity index (χ3v) is 2.46. The lowest BCUT2D eigenvalue weighted by Crippen LogP contribution is -2.42. The number of rotatable bonds is 5. The van der Waals surface area contributed by atoms with Crippen molar-refractivity contribution in [3.63, 3.8) is 0 Å². The van der Waals surface area contributed by atoms with Crippen molar-refractivity contribution >= 4 is 47.5 Å². The second kappa shape index (κ2) is 8.97. The number of carbonyl (C=O) groups is 2. The first kappa shape index (κ1) is 18.9. The van der Waals surface area contributed by atoms with E-state index in [-0.39, 0.29) is 41.8 Å².